The van der Waals surface area contributed by atoms with Gasteiger partial charge in [0.25, 0.3) is 5.91 Å². The molecule has 1 aromatic carbocycles. The molecule has 6 heteroatoms. The Bertz CT molecular complexity index is 697. The molecule has 2 heterocycles. The normalized spacial score (nSPS) is 14.6. The van der Waals surface area contributed by atoms with E-state index in [9.17, 15) is 4.79 Å². The molecule has 1 fully saturated rings. The van der Waals surface area contributed by atoms with Gasteiger partial charge < -0.3 is 10.2 Å². The fraction of sp³-hybridized carbons (Fsp3) is 0.294. The molecule has 23 heavy (non-hydrogen) atoms. The van der Waals surface area contributed by atoms with E-state index in [1.165, 1.54) is 6.42 Å². The summed E-state index contributed by atoms with van der Waals surface area (Å²) in [5, 5.41) is 4.22. The number of rotatable bonds is 3. The SMILES string of the molecule is O=C(c1ccc(Nc2ccc(Cl)cc2Cl)nc1)N1CCCCC1. The summed E-state index contributed by atoms with van der Waals surface area (Å²) in [6.45, 7) is 1.67. The van der Waals surface area contributed by atoms with Crippen LogP contribution in [0.25, 0.3) is 0 Å². The number of pyridine rings is 1. The predicted molar refractivity (Wildman–Crippen MR) is 93.7 cm³/mol. The molecule has 0 saturated carbocycles. The van der Waals surface area contributed by atoms with Crippen LogP contribution in [0, 0.1) is 0 Å². The van der Waals surface area contributed by atoms with E-state index in [4.69, 9.17) is 23.2 Å². The standard InChI is InChI=1S/C17H17Cl2N3O/c18-13-5-6-15(14(19)10-13)21-16-7-4-12(11-20-16)17(23)22-8-2-1-3-9-22/h4-7,10-11H,1-3,8-9H2,(H,20,21). The number of nitrogens with zero attached hydrogens (tertiary/aromatic N) is 2. The number of carbonyl (C=O) groups excluding carboxylic acids is 1. The van der Waals surface area contributed by atoms with E-state index in [-0.39, 0.29) is 5.91 Å². The fourth-order valence-electron chi connectivity index (χ4n) is 2.60. The number of nitrogens with one attached hydrogen (secondary N) is 1. The second kappa shape index (κ2) is 7.20. The Morgan fingerprint density at radius 3 is 2.52 bits per heavy atom. The number of amides is 1. The van der Waals surface area contributed by atoms with Gasteiger partial charge in [0.2, 0.25) is 0 Å². The summed E-state index contributed by atoms with van der Waals surface area (Å²) < 4.78 is 0. The van der Waals surface area contributed by atoms with Crippen LogP contribution in [0.3, 0.4) is 0 Å². The fourth-order valence-corrected chi connectivity index (χ4v) is 3.06. The second-order valence-electron chi connectivity index (χ2n) is 5.53. The lowest BCUT2D eigenvalue weighted by Gasteiger charge is -2.26. The number of anilines is 2. The van der Waals surface area contributed by atoms with Crippen LogP contribution in [0.1, 0.15) is 29.6 Å². The van der Waals surface area contributed by atoms with Crippen LogP contribution in [0.2, 0.25) is 10.0 Å². The van der Waals surface area contributed by atoms with Gasteiger partial charge in [-0.1, -0.05) is 23.2 Å². The molecule has 1 N–H and O–H groups in total. The molecule has 0 aliphatic carbocycles. The van der Waals surface area contributed by atoms with Crippen LogP contribution < -0.4 is 5.32 Å². The van der Waals surface area contributed by atoms with Crippen molar-refractivity contribution < 1.29 is 4.79 Å². The van der Waals surface area contributed by atoms with E-state index in [1.807, 2.05) is 4.90 Å². The minimum Gasteiger partial charge on any atom is -0.339 e. The molecular formula is C17H17Cl2N3O. The van der Waals surface area contributed by atoms with Gasteiger partial charge in [0, 0.05) is 24.3 Å². The summed E-state index contributed by atoms with van der Waals surface area (Å²) in [5.74, 6) is 0.678. The minimum absolute atomic E-state index is 0.0493. The summed E-state index contributed by atoms with van der Waals surface area (Å²) in [4.78, 5) is 18.6. The van der Waals surface area contributed by atoms with Crippen LogP contribution in [0.4, 0.5) is 11.5 Å². The third-order valence-corrected chi connectivity index (χ3v) is 4.40. The van der Waals surface area contributed by atoms with Gasteiger partial charge in [-0.15, -0.1) is 0 Å². The first-order valence-electron chi connectivity index (χ1n) is 7.61. The van der Waals surface area contributed by atoms with Gasteiger partial charge in [0.05, 0.1) is 16.3 Å². The summed E-state index contributed by atoms with van der Waals surface area (Å²) in [7, 11) is 0. The van der Waals surface area contributed by atoms with E-state index in [0.29, 0.717) is 21.4 Å². The monoisotopic (exact) mass is 349 g/mol. The first-order chi connectivity index (χ1) is 11.1. The second-order valence-corrected chi connectivity index (χ2v) is 6.38. The maximum Gasteiger partial charge on any atom is 0.255 e. The van der Waals surface area contributed by atoms with Gasteiger partial charge >= 0.3 is 0 Å². The molecule has 0 radical (unpaired) electrons. The van der Waals surface area contributed by atoms with Gasteiger partial charge in [0.1, 0.15) is 5.82 Å². The molecule has 3 rings (SSSR count). The first kappa shape index (κ1) is 16.1. The highest BCUT2D eigenvalue weighted by Gasteiger charge is 2.18. The Hall–Kier alpha value is -1.78. The van der Waals surface area contributed by atoms with E-state index < -0.39 is 0 Å². The van der Waals surface area contributed by atoms with Crippen molar-refractivity contribution in [2.24, 2.45) is 0 Å². The molecular weight excluding hydrogens is 333 g/mol. The molecule has 0 atom stereocenters. The maximum atomic E-state index is 12.4. The smallest absolute Gasteiger partial charge is 0.255 e. The van der Waals surface area contributed by atoms with Gasteiger partial charge in [-0.3, -0.25) is 4.79 Å². The zero-order valence-electron chi connectivity index (χ0n) is 12.6. The van der Waals surface area contributed by atoms with Gasteiger partial charge in [-0.05, 0) is 49.6 Å². The van der Waals surface area contributed by atoms with Crippen LogP contribution >= 0.6 is 23.2 Å². The first-order valence-corrected chi connectivity index (χ1v) is 8.36. The Labute approximate surface area is 145 Å². The maximum absolute atomic E-state index is 12.4. The van der Waals surface area contributed by atoms with Crippen LogP contribution in [-0.4, -0.2) is 28.9 Å². The number of aromatic nitrogens is 1. The third-order valence-electron chi connectivity index (χ3n) is 3.85. The molecule has 2 aromatic rings. The van der Waals surface area contributed by atoms with E-state index in [1.54, 1.807) is 36.5 Å². The number of hydrogen-bond acceptors (Lipinski definition) is 3. The summed E-state index contributed by atoms with van der Waals surface area (Å²) in [6, 6.07) is 8.78. The molecule has 1 aromatic heterocycles. The lowest BCUT2D eigenvalue weighted by molar-refractivity contribution is 0.0724. The Morgan fingerprint density at radius 1 is 1.09 bits per heavy atom. The Kier molecular flexibility index (Phi) is 5.03. The number of hydrogen-bond donors (Lipinski definition) is 1. The van der Waals surface area contributed by atoms with Gasteiger partial charge in [-0.2, -0.15) is 0 Å². The van der Waals surface area contributed by atoms with Gasteiger partial charge in [-0.25, -0.2) is 4.98 Å². The van der Waals surface area contributed by atoms with Crippen molar-refractivity contribution in [1.29, 1.82) is 0 Å². The molecule has 120 valence electrons. The highest BCUT2D eigenvalue weighted by molar-refractivity contribution is 6.36. The predicted octanol–water partition coefficient (Wildman–Crippen LogP) is 4.76. The lowest BCUT2D eigenvalue weighted by atomic mass is 10.1. The van der Waals surface area contributed by atoms with E-state index >= 15 is 0 Å². The average molecular weight is 350 g/mol. The molecule has 0 unspecified atom stereocenters. The third kappa shape index (κ3) is 3.95. The number of benzene rings is 1. The summed E-state index contributed by atoms with van der Waals surface area (Å²) in [5.41, 5.74) is 1.33. The van der Waals surface area contributed by atoms with Crippen molar-refractivity contribution in [3.63, 3.8) is 0 Å². The zero-order valence-corrected chi connectivity index (χ0v) is 14.1. The Morgan fingerprint density at radius 2 is 1.87 bits per heavy atom. The highest BCUT2D eigenvalue weighted by Crippen LogP contribution is 2.27. The minimum atomic E-state index is 0.0493. The molecule has 1 amide bonds. The number of likely N-dealkylation sites (tertiary alicyclic amines) is 1. The number of carbonyl (C=O) groups is 1. The van der Waals surface area contributed by atoms with Crippen molar-refractivity contribution in [2.75, 3.05) is 18.4 Å². The Balaban J connectivity index is 1.70. The molecule has 0 bridgehead atoms. The largest absolute Gasteiger partial charge is 0.339 e. The molecule has 0 spiro atoms. The van der Waals surface area contributed by atoms with Crippen LogP contribution in [0.5, 0.6) is 0 Å². The molecule has 1 aliphatic rings. The summed E-state index contributed by atoms with van der Waals surface area (Å²) >= 11 is 12.0. The van der Waals surface area contributed by atoms with E-state index in [2.05, 4.69) is 10.3 Å². The highest BCUT2D eigenvalue weighted by atomic mass is 35.5. The lowest BCUT2D eigenvalue weighted by Crippen LogP contribution is -2.35. The molecule has 1 saturated heterocycles. The van der Waals surface area contributed by atoms with Gasteiger partial charge in [0.15, 0.2) is 0 Å². The molecule has 4 nitrogen and oxygen atoms in total. The van der Waals surface area contributed by atoms with Crippen molar-refractivity contribution in [1.82, 2.24) is 9.88 Å². The van der Waals surface area contributed by atoms with Crippen molar-refractivity contribution in [2.45, 2.75) is 19.3 Å². The zero-order chi connectivity index (χ0) is 16.2. The van der Waals surface area contributed by atoms with E-state index in [0.717, 1.165) is 31.6 Å². The number of halogens is 2. The number of piperidine rings is 1. The average Bonchev–Trinajstić information content (AvgIpc) is 2.58. The molecule has 1 aliphatic heterocycles. The van der Waals surface area contributed by atoms with Crippen molar-refractivity contribution in [3.05, 3.63) is 52.1 Å². The van der Waals surface area contributed by atoms with Crippen molar-refractivity contribution >= 4 is 40.6 Å². The van der Waals surface area contributed by atoms with Crippen LogP contribution in [-0.2, 0) is 0 Å². The summed E-state index contributed by atoms with van der Waals surface area (Å²) in [6.07, 6.45) is 4.96. The van der Waals surface area contributed by atoms with Crippen LogP contribution in [0.15, 0.2) is 36.5 Å². The quantitative estimate of drug-likeness (QED) is 0.868. The topological polar surface area (TPSA) is 45.2 Å². The van der Waals surface area contributed by atoms with Crippen molar-refractivity contribution in [3.8, 4) is 0 Å².